The molecule has 0 amide bonds. The van der Waals surface area contributed by atoms with Crippen LogP contribution in [0.1, 0.15) is 31.9 Å². The van der Waals surface area contributed by atoms with E-state index >= 15 is 0 Å². The van der Waals surface area contributed by atoms with Crippen molar-refractivity contribution in [3.8, 4) is 11.5 Å². The van der Waals surface area contributed by atoms with Crippen LogP contribution in [0.2, 0.25) is 0 Å². The lowest BCUT2D eigenvalue weighted by molar-refractivity contribution is 0.170. The van der Waals surface area contributed by atoms with Gasteiger partial charge in [0.05, 0.1) is 0 Å². The molecular formula is C15H24N2O2. The fraction of sp³-hybridized carbons (Fsp3) is 0.600. The summed E-state index contributed by atoms with van der Waals surface area (Å²) in [5.74, 6) is 1.67. The van der Waals surface area contributed by atoms with Crippen molar-refractivity contribution in [2.24, 2.45) is 5.73 Å². The molecule has 1 heterocycles. The van der Waals surface area contributed by atoms with E-state index < -0.39 is 0 Å². The molecule has 106 valence electrons. The van der Waals surface area contributed by atoms with Gasteiger partial charge in [-0.25, -0.2) is 0 Å². The van der Waals surface area contributed by atoms with E-state index in [0.29, 0.717) is 13.2 Å². The van der Waals surface area contributed by atoms with Crippen LogP contribution in [0.25, 0.3) is 0 Å². The predicted molar refractivity (Wildman–Crippen MR) is 76.7 cm³/mol. The van der Waals surface area contributed by atoms with Crippen molar-refractivity contribution < 1.29 is 9.47 Å². The number of hydrogen-bond acceptors (Lipinski definition) is 4. The van der Waals surface area contributed by atoms with Crippen molar-refractivity contribution in [3.05, 3.63) is 23.8 Å². The van der Waals surface area contributed by atoms with Crippen LogP contribution in [-0.4, -0.2) is 37.7 Å². The predicted octanol–water partition coefficient (Wildman–Crippen LogP) is 2.19. The summed E-state index contributed by atoms with van der Waals surface area (Å²) in [6.07, 6.45) is 0.889. The number of benzene rings is 1. The number of fused-ring (bicyclic) bond motifs is 1. The molecule has 1 atom stereocenters. The highest BCUT2D eigenvalue weighted by molar-refractivity contribution is 5.44. The van der Waals surface area contributed by atoms with Gasteiger partial charge in [-0.3, -0.25) is 0 Å². The van der Waals surface area contributed by atoms with Gasteiger partial charge in [-0.1, -0.05) is 6.07 Å². The lowest BCUT2D eigenvalue weighted by atomic mass is 9.91. The van der Waals surface area contributed by atoms with Crippen LogP contribution in [0.4, 0.5) is 0 Å². The molecule has 1 aliphatic rings. The Morgan fingerprint density at radius 3 is 2.42 bits per heavy atom. The number of rotatable bonds is 4. The van der Waals surface area contributed by atoms with Gasteiger partial charge in [-0.15, -0.1) is 0 Å². The molecule has 0 spiro atoms. The van der Waals surface area contributed by atoms with Crippen LogP contribution >= 0.6 is 0 Å². The second-order valence-electron chi connectivity index (χ2n) is 6.08. The Kier molecular flexibility index (Phi) is 4.02. The minimum absolute atomic E-state index is 0.206. The van der Waals surface area contributed by atoms with Gasteiger partial charge in [0, 0.05) is 11.6 Å². The molecule has 1 unspecified atom stereocenters. The quantitative estimate of drug-likeness (QED) is 0.905. The molecule has 0 bridgehead atoms. The van der Waals surface area contributed by atoms with Crippen LogP contribution < -0.4 is 15.2 Å². The van der Waals surface area contributed by atoms with E-state index in [1.165, 1.54) is 5.56 Å². The van der Waals surface area contributed by atoms with Crippen LogP contribution in [-0.2, 0) is 0 Å². The molecule has 0 aliphatic carbocycles. The van der Waals surface area contributed by atoms with Gasteiger partial charge in [-0.05, 0) is 52.1 Å². The number of nitrogens with zero attached hydrogens (tertiary/aromatic N) is 1. The first-order chi connectivity index (χ1) is 8.87. The molecule has 4 nitrogen and oxygen atoms in total. The van der Waals surface area contributed by atoms with Crippen molar-refractivity contribution in [3.63, 3.8) is 0 Å². The largest absolute Gasteiger partial charge is 0.486 e. The van der Waals surface area contributed by atoms with E-state index in [1.807, 2.05) is 6.07 Å². The standard InChI is InChI=1S/C15H24N2O2/c1-15(2,16)10-12(17(3)4)11-5-6-13-14(9-11)19-8-7-18-13/h5-6,9,12H,7-8,10,16H2,1-4H3. The zero-order chi connectivity index (χ0) is 14.0. The Bertz CT molecular complexity index is 438. The van der Waals surface area contributed by atoms with Crippen LogP contribution in [0, 0.1) is 0 Å². The summed E-state index contributed by atoms with van der Waals surface area (Å²) in [6, 6.07) is 6.44. The summed E-state index contributed by atoms with van der Waals surface area (Å²) in [4.78, 5) is 2.19. The van der Waals surface area contributed by atoms with Crippen molar-refractivity contribution in [1.29, 1.82) is 0 Å². The Balaban J connectivity index is 2.26. The maximum absolute atomic E-state index is 6.17. The van der Waals surface area contributed by atoms with E-state index in [1.54, 1.807) is 0 Å². The zero-order valence-corrected chi connectivity index (χ0v) is 12.3. The highest BCUT2D eigenvalue weighted by atomic mass is 16.6. The third-order valence-electron chi connectivity index (χ3n) is 3.29. The fourth-order valence-corrected chi connectivity index (χ4v) is 2.36. The molecule has 2 rings (SSSR count). The molecule has 19 heavy (non-hydrogen) atoms. The third kappa shape index (κ3) is 3.61. The highest BCUT2D eigenvalue weighted by Gasteiger charge is 2.24. The average Bonchev–Trinajstić information content (AvgIpc) is 2.34. The Morgan fingerprint density at radius 1 is 1.21 bits per heavy atom. The van der Waals surface area contributed by atoms with Gasteiger partial charge in [0.15, 0.2) is 11.5 Å². The monoisotopic (exact) mass is 264 g/mol. The molecule has 1 aliphatic heterocycles. The highest BCUT2D eigenvalue weighted by Crippen LogP contribution is 2.35. The summed E-state index contributed by atoms with van der Waals surface area (Å²) >= 11 is 0. The lowest BCUT2D eigenvalue weighted by Crippen LogP contribution is -2.37. The molecule has 0 radical (unpaired) electrons. The second-order valence-corrected chi connectivity index (χ2v) is 6.08. The molecule has 0 saturated carbocycles. The molecule has 1 aromatic carbocycles. The van der Waals surface area contributed by atoms with Gasteiger partial charge in [0.2, 0.25) is 0 Å². The Morgan fingerprint density at radius 2 is 1.84 bits per heavy atom. The molecule has 0 fully saturated rings. The molecule has 0 saturated heterocycles. The molecule has 4 heteroatoms. The summed E-state index contributed by atoms with van der Waals surface area (Å²) in [7, 11) is 4.15. The number of hydrogen-bond donors (Lipinski definition) is 1. The lowest BCUT2D eigenvalue weighted by Gasteiger charge is -2.32. The zero-order valence-electron chi connectivity index (χ0n) is 12.3. The number of ether oxygens (including phenoxy) is 2. The smallest absolute Gasteiger partial charge is 0.161 e. The summed E-state index contributed by atoms with van der Waals surface area (Å²) in [5.41, 5.74) is 7.18. The fourth-order valence-electron chi connectivity index (χ4n) is 2.36. The normalized spacial score (nSPS) is 16.5. The summed E-state index contributed by atoms with van der Waals surface area (Å²) < 4.78 is 11.2. The Labute approximate surface area is 115 Å². The Hall–Kier alpha value is -1.26. The molecule has 0 aromatic heterocycles. The third-order valence-corrected chi connectivity index (χ3v) is 3.29. The minimum Gasteiger partial charge on any atom is -0.486 e. The molecule has 2 N–H and O–H groups in total. The van der Waals surface area contributed by atoms with Gasteiger partial charge in [0.25, 0.3) is 0 Å². The van der Waals surface area contributed by atoms with Gasteiger partial charge in [0.1, 0.15) is 13.2 Å². The van der Waals surface area contributed by atoms with Crippen molar-refractivity contribution >= 4 is 0 Å². The molecule has 1 aromatic rings. The first kappa shape index (κ1) is 14.2. The van der Waals surface area contributed by atoms with Gasteiger partial charge in [-0.2, -0.15) is 0 Å². The van der Waals surface area contributed by atoms with Crippen LogP contribution in [0.3, 0.4) is 0 Å². The van der Waals surface area contributed by atoms with Crippen molar-refractivity contribution in [2.45, 2.75) is 31.8 Å². The van der Waals surface area contributed by atoms with E-state index in [0.717, 1.165) is 17.9 Å². The van der Waals surface area contributed by atoms with Gasteiger partial charge < -0.3 is 20.1 Å². The topological polar surface area (TPSA) is 47.7 Å². The second kappa shape index (κ2) is 5.39. The van der Waals surface area contributed by atoms with Gasteiger partial charge >= 0.3 is 0 Å². The summed E-state index contributed by atoms with van der Waals surface area (Å²) in [6.45, 7) is 5.35. The molecular weight excluding hydrogens is 240 g/mol. The van der Waals surface area contributed by atoms with Crippen LogP contribution in [0.15, 0.2) is 18.2 Å². The SMILES string of the molecule is CN(C)C(CC(C)(C)N)c1ccc2c(c1)OCCO2. The first-order valence-corrected chi connectivity index (χ1v) is 6.72. The average molecular weight is 264 g/mol. The van der Waals surface area contributed by atoms with E-state index in [-0.39, 0.29) is 11.6 Å². The minimum atomic E-state index is -0.206. The maximum Gasteiger partial charge on any atom is 0.161 e. The number of nitrogens with two attached hydrogens (primary N) is 1. The van der Waals surface area contributed by atoms with Crippen molar-refractivity contribution in [1.82, 2.24) is 4.90 Å². The van der Waals surface area contributed by atoms with Crippen molar-refractivity contribution in [2.75, 3.05) is 27.3 Å². The maximum atomic E-state index is 6.17. The van der Waals surface area contributed by atoms with Crippen LogP contribution in [0.5, 0.6) is 11.5 Å². The van der Waals surface area contributed by atoms with E-state index in [2.05, 4.69) is 45.0 Å². The summed E-state index contributed by atoms with van der Waals surface area (Å²) in [5, 5.41) is 0. The van der Waals surface area contributed by atoms with E-state index in [4.69, 9.17) is 15.2 Å². The first-order valence-electron chi connectivity index (χ1n) is 6.72. The van der Waals surface area contributed by atoms with E-state index in [9.17, 15) is 0 Å².